The summed E-state index contributed by atoms with van der Waals surface area (Å²) in [6.07, 6.45) is 1.76. The zero-order valence-electron chi connectivity index (χ0n) is 12.7. The van der Waals surface area contributed by atoms with Gasteiger partial charge in [0.1, 0.15) is 6.26 Å². The molecule has 3 aromatic heterocycles. The third-order valence-corrected chi connectivity index (χ3v) is 5.59. The summed E-state index contributed by atoms with van der Waals surface area (Å²) in [5.41, 5.74) is 2.34. The van der Waals surface area contributed by atoms with E-state index in [1.807, 2.05) is 17.5 Å². The summed E-state index contributed by atoms with van der Waals surface area (Å²) >= 11 is 3.45. The van der Waals surface area contributed by atoms with Crippen molar-refractivity contribution in [3.05, 3.63) is 64.7 Å². The normalized spacial score (nSPS) is 11.6. The predicted octanol–water partition coefficient (Wildman–Crippen LogP) is 5.25. The first-order valence-electron chi connectivity index (χ1n) is 7.41. The van der Waals surface area contributed by atoms with E-state index in [-0.39, 0.29) is 0 Å². The van der Waals surface area contributed by atoms with Crippen LogP contribution in [0.4, 0.5) is 0 Å². The van der Waals surface area contributed by atoms with E-state index in [0.717, 1.165) is 23.7 Å². The molecule has 0 radical (unpaired) electrons. The van der Waals surface area contributed by atoms with Crippen molar-refractivity contribution >= 4 is 32.8 Å². The second-order valence-corrected chi connectivity index (χ2v) is 7.41. The molecule has 4 rings (SSSR count). The Balaban J connectivity index is 1.47. The Morgan fingerprint density at radius 1 is 1.09 bits per heavy atom. The highest BCUT2D eigenvalue weighted by Gasteiger charge is 2.11. The molecule has 0 aliphatic carbocycles. The fourth-order valence-electron chi connectivity index (χ4n) is 2.67. The molecule has 0 aliphatic rings. The maximum Gasteiger partial charge on any atom is 0.236 e. The number of aromatic nitrogens is 1. The van der Waals surface area contributed by atoms with Gasteiger partial charge in [-0.05, 0) is 40.9 Å². The quantitative estimate of drug-likeness (QED) is 0.497. The number of hydrogen-bond donors (Lipinski definition) is 0. The van der Waals surface area contributed by atoms with Gasteiger partial charge >= 0.3 is 0 Å². The first-order chi connectivity index (χ1) is 11.3. The molecular weight excluding hydrogens is 324 g/mol. The first-order valence-corrected chi connectivity index (χ1v) is 9.17. The lowest BCUT2D eigenvalue weighted by molar-refractivity contribution is 0.316. The summed E-state index contributed by atoms with van der Waals surface area (Å²) in [6, 6.07) is 12.6. The lowest BCUT2D eigenvalue weighted by Crippen LogP contribution is -2.17. The molecule has 0 spiro atoms. The van der Waals surface area contributed by atoms with Crippen LogP contribution >= 0.6 is 22.7 Å². The second kappa shape index (κ2) is 6.28. The van der Waals surface area contributed by atoms with E-state index in [4.69, 9.17) is 4.42 Å². The Hall–Kier alpha value is -1.95. The average molecular weight is 340 g/mol. The van der Waals surface area contributed by atoms with Crippen molar-refractivity contribution in [2.24, 2.45) is 0 Å². The number of rotatable bonds is 5. The minimum atomic E-state index is 0.712. The zero-order valence-corrected chi connectivity index (χ0v) is 14.4. The van der Waals surface area contributed by atoms with Crippen LogP contribution < -0.4 is 0 Å². The minimum absolute atomic E-state index is 0.712. The molecule has 0 aliphatic heterocycles. The Bertz CT molecular complexity index is 908. The fraction of sp³-hybridized carbons (Fsp3) is 0.167. The van der Waals surface area contributed by atoms with Crippen LogP contribution in [0.1, 0.15) is 11.3 Å². The van der Waals surface area contributed by atoms with E-state index in [0.29, 0.717) is 5.89 Å². The summed E-state index contributed by atoms with van der Waals surface area (Å²) in [5, 5.41) is 5.64. The number of nitrogens with zero attached hydrogens (tertiary/aromatic N) is 2. The molecule has 0 N–H and O–H groups in total. The summed E-state index contributed by atoms with van der Waals surface area (Å²) < 4.78 is 6.93. The second-order valence-electron chi connectivity index (χ2n) is 5.55. The van der Waals surface area contributed by atoms with Crippen LogP contribution in [-0.2, 0) is 13.1 Å². The van der Waals surface area contributed by atoms with Crippen molar-refractivity contribution < 1.29 is 4.42 Å². The SMILES string of the molecule is CN(Cc1coc(-c2cccs2)n1)Cc1csc2ccccc12. The van der Waals surface area contributed by atoms with Gasteiger partial charge in [0.05, 0.1) is 10.6 Å². The molecule has 116 valence electrons. The van der Waals surface area contributed by atoms with Crippen molar-refractivity contribution in [2.75, 3.05) is 7.05 Å². The fourth-order valence-corrected chi connectivity index (χ4v) is 4.28. The van der Waals surface area contributed by atoms with E-state index in [1.165, 1.54) is 15.6 Å². The van der Waals surface area contributed by atoms with Crippen LogP contribution in [0.15, 0.2) is 57.8 Å². The van der Waals surface area contributed by atoms with Crippen LogP contribution in [0.3, 0.4) is 0 Å². The number of thiophene rings is 2. The number of benzene rings is 1. The molecule has 23 heavy (non-hydrogen) atoms. The van der Waals surface area contributed by atoms with E-state index in [9.17, 15) is 0 Å². The summed E-state index contributed by atoms with van der Waals surface area (Å²) in [4.78, 5) is 7.93. The third kappa shape index (κ3) is 3.08. The van der Waals surface area contributed by atoms with Crippen molar-refractivity contribution in [2.45, 2.75) is 13.1 Å². The molecule has 0 unspecified atom stereocenters. The van der Waals surface area contributed by atoms with Gasteiger partial charge in [-0.25, -0.2) is 4.98 Å². The number of oxazole rings is 1. The van der Waals surface area contributed by atoms with Gasteiger partial charge in [0.25, 0.3) is 0 Å². The molecule has 3 heterocycles. The van der Waals surface area contributed by atoms with Crippen molar-refractivity contribution in [1.82, 2.24) is 9.88 Å². The Labute approximate surface area is 142 Å². The maximum atomic E-state index is 5.59. The maximum absolute atomic E-state index is 5.59. The van der Waals surface area contributed by atoms with Crippen LogP contribution in [0.2, 0.25) is 0 Å². The summed E-state index contributed by atoms with van der Waals surface area (Å²) in [5.74, 6) is 0.712. The first kappa shape index (κ1) is 14.6. The van der Waals surface area contributed by atoms with E-state index in [2.05, 4.69) is 46.6 Å². The van der Waals surface area contributed by atoms with Crippen LogP contribution in [0.5, 0.6) is 0 Å². The predicted molar refractivity (Wildman–Crippen MR) is 96.8 cm³/mol. The van der Waals surface area contributed by atoms with Crippen LogP contribution in [-0.4, -0.2) is 16.9 Å². The van der Waals surface area contributed by atoms with Crippen molar-refractivity contribution in [3.8, 4) is 10.8 Å². The topological polar surface area (TPSA) is 29.3 Å². The molecule has 0 saturated heterocycles. The molecule has 0 fully saturated rings. The summed E-state index contributed by atoms with van der Waals surface area (Å²) in [6.45, 7) is 1.68. The number of hydrogen-bond acceptors (Lipinski definition) is 5. The monoisotopic (exact) mass is 340 g/mol. The highest BCUT2D eigenvalue weighted by molar-refractivity contribution is 7.17. The van der Waals surface area contributed by atoms with E-state index >= 15 is 0 Å². The van der Waals surface area contributed by atoms with Gasteiger partial charge in [-0.3, -0.25) is 4.90 Å². The lowest BCUT2D eigenvalue weighted by Gasteiger charge is -2.14. The standard InChI is InChI=1S/C18H16N2OS2/c1-20(9-13-12-23-16-6-3-2-5-15(13)16)10-14-11-21-18(19-14)17-7-4-8-22-17/h2-8,11-12H,9-10H2,1H3. The Morgan fingerprint density at radius 2 is 2.00 bits per heavy atom. The Kier molecular flexibility index (Phi) is 3.99. The van der Waals surface area contributed by atoms with Gasteiger partial charge in [-0.2, -0.15) is 0 Å². The molecule has 1 aromatic carbocycles. The molecule has 0 saturated carbocycles. The third-order valence-electron chi connectivity index (χ3n) is 3.72. The van der Waals surface area contributed by atoms with Crippen molar-refractivity contribution in [1.29, 1.82) is 0 Å². The van der Waals surface area contributed by atoms with E-state index < -0.39 is 0 Å². The van der Waals surface area contributed by atoms with Gasteiger partial charge in [0.2, 0.25) is 5.89 Å². The number of fused-ring (bicyclic) bond motifs is 1. The molecule has 5 heteroatoms. The highest BCUT2D eigenvalue weighted by atomic mass is 32.1. The zero-order chi connectivity index (χ0) is 15.6. The van der Waals surface area contributed by atoms with Gasteiger partial charge in [-0.1, -0.05) is 24.3 Å². The van der Waals surface area contributed by atoms with Gasteiger partial charge in [-0.15, -0.1) is 22.7 Å². The molecule has 3 nitrogen and oxygen atoms in total. The largest absolute Gasteiger partial charge is 0.444 e. The highest BCUT2D eigenvalue weighted by Crippen LogP contribution is 2.27. The Morgan fingerprint density at radius 3 is 2.87 bits per heavy atom. The molecular formula is C18H16N2OS2. The minimum Gasteiger partial charge on any atom is -0.444 e. The smallest absolute Gasteiger partial charge is 0.236 e. The molecule has 0 bridgehead atoms. The average Bonchev–Trinajstić information content (AvgIpc) is 3.27. The van der Waals surface area contributed by atoms with E-state index in [1.54, 1.807) is 28.9 Å². The summed E-state index contributed by atoms with van der Waals surface area (Å²) in [7, 11) is 2.12. The molecule has 0 amide bonds. The van der Waals surface area contributed by atoms with Crippen molar-refractivity contribution in [3.63, 3.8) is 0 Å². The van der Waals surface area contributed by atoms with Crippen LogP contribution in [0.25, 0.3) is 20.9 Å². The molecule has 0 atom stereocenters. The lowest BCUT2D eigenvalue weighted by atomic mass is 10.1. The van der Waals surface area contributed by atoms with Gasteiger partial charge in [0.15, 0.2) is 0 Å². The molecule has 4 aromatic rings. The van der Waals surface area contributed by atoms with Gasteiger partial charge in [0, 0.05) is 17.8 Å². The van der Waals surface area contributed by atoms with Crippen LogP contribution in [0, 0.1) is 0 Å². The van der Waals surface area contributed by atoms with Gasteiger partial charge < -0.3 is 4.42 Å².